The normalized spacial score (nSPS) is 13.5. The van der Waals surface area contributed by atoms with Gasteiger partial charge in [-0.2, -0.15) is 0 Å². The number of aliphatic hydroxyl groups excluding tert-OH is 2. The molecule has 0 amide bonds. The topological polar surface area (TPSA) is 95.7 Å². The van der Waals surface area contributed by atoms with Crippen LogP contribution in [0.2, 0.25) is 0 Å². The molecule has 0 aromatic heterocycles. The molecule has 0 fully saturated rings. The van der Waals surface area contributed by atoms with Gasteiger partial charge in [-0.15, -0.1) is 0 Å². The van der Waals surface area contributed by atoms with Gasteiger partial charge in [-0.1, -0.05) is 0 Å². The summed E-state index contributed by atoms with van der Waals surface area (Å²) in [6, 6.07) is 0. The van der Waals surface area contributed by atoms with Gasteiger partial charge in [0.25, 0.3) is 0 Å². The summed E-state index contributed by atoms with van der Waals surface area (Å²) in [5.74, 6) is 0. The van der Waals surface area contributed by atoms with Crippen LogP contribution in [0.5, 0.6) is 0 Å². The standard InChI is InChI=1S/C9H23N3O2/c10-3-1-5-12(6-2-4-11)7-9(14)8-13/h9,13-14H,1-8,10-11H2. The second kappa shape index (κ2) is 9.36. The number of hydrogen-bond donors (Lipinski definition) is 4. The highest BCUT2D eigenvalue weighted by Gasteiger charge is 2.09. The summed E-state index contributed by atoms with van der Waals surface area (Å²) in [4.78, 5) is 2.08. The summed E-state index contributed by atoms with van der Waals surface area (Å²) in [6.07, 6.45) is 1.15. The molecule has 6 N–H and O–H groups in total. The second-order valence-electron chi connectivity index (χ2n) is 3.42. The molecule has 5 nitrogen and oxygen atoms in total. The van der Waals surface area contributed by atoms with Crippen LogP contribution >= 0.6 is 0 Å². The fourth-order valence-corrected chi connectivity index (χ4v) is 1.28. The highest BCUT2D eigenvalue weighted by atomic mass is 16.3. The Labute approximate surface area is 85.7 Å². The van der Waals surface area contributed by atoms with E-state index in [1.807, 2.05) is 0 Å². The Bertz CT molecular complexity index is 117. The SMILES string of the molecule is NCCCN(CCCN)CC(O)CO. The third kappa shape index (κ3) is 7.23. The maximum absolute atomic E-state index is 9.27. The first-order valence-electron chi connectivity index (χ1n) is 5.16. The fraction of sp³-hybridized carbons (Fsp3) is 1.00. The predicted molar refractivity (Wildman–Crippen MR) is 56.9 cm³/mol. The van der Waals surface area contributed by atoms with E-state index >= 15 is 0 Å². The monoisotopic (exact) mass is 205 g/mol. The van der Waals surface area contributed by atoms with Gasteiger partial charge >= 0.3 is 0 Å². The van der Waals surface area contributed by atoms with Gasteiger partial charge in [-0.3, -0.25) is 0 Å². The van der Waals surface area contributed by atoms with Crippen molar-refractivity contribution in [3.8, 4) is 0 Å². The smallest absolute Gasteiger partial charge is 0.0897 e. The van der Waals surface area contributed by atoms with Gasteiger partial charge in [0, 0.05) is 6.54 Å². The minimum Gasteiger partial charge on any atom is -0.394 e. The van der Waals surface area contributed by atoms with Gasteiger partial charge in [0.1, 0.15) is 0 Å². The Kier molecular flexibility index (Phi) is 9.23. The van der Waals surface area contributed by atoms with Crippen LogP contribution in [0.25, 0.3) is 0 Å². The van der Waals surface area contributed by atoms with E-state index in [1.165, 1.54) is 0 Å². The minimum absolute atomic E-state index is 0.193. The molecular weight excluding hydrogens is 182 g/mol. The molecule has 0 heterocycles. The molecule has 5 heteroatoms. The minimum atomic E-state index is -0.662. The van der Waals surface area contributed by atoms with Gasteiger partial charge in [0.05, 0.1) is 12.7 Å². The van der Waals surface area contributed by atoms with E-state index in [-0.39, 0.29) is 6.61 Å². The van der Waals surface area contributed by atoms with E-state index in [9.17, 15) is 5.11 Å². The lowest BCUT2D eigenvalue weighted by atomic mass is 10.3. The number of rotatable bonds is 9. The summed E-state index contributed by atoms with van der Waals surface area (Å²) in [7, 11) is 0. The molecule has 0 aromatic carbocycles. The zero-order valence-electron chi connectivity index (χ0n) is 8.73. The molecule has 0 aliphatic heterocycles. The summed E-state index contributed by atoms with van der Waals surface area (Å²) in [6.45, 7) is 3.31. The Morgan fingerprint density at radius 3 is 1.93 bits per heavy atom. The number of nitrogens with zero attached hydrogens (tertiary/aromatic N) is 1. The molecular formula is C9H23N3O2. The van der Waals surface area contributed by atoms with Crippen molar-refractivity contribution in [1.29, 1.82) is 0 Å². The molecule has 0 radical (unpaired) electrons. The van der Waals surface area contributed by atoms with E-state index < -0.39 is 6.10 Å². The molecule has 0 aliphatic carbocycles. The van der Waals surface area contributed by atoms with Crippen LogP contribution < -0.4 is 11.5 Å². The third-order valence-electron chi connectivity index (χ3n) is 2.04. The Hall–Kier alpha value is -0.200. The van der Waals surface area contributed by atoms with Crippen LogP contribution in [0, 0.1) is 0 Å². The summed E-state index contributed by atoms with van der Waals surface area (Å²) in [5, 5.41) is 18.0. The Balaban J connectivity index is 3.71. The van der Waals surface area contributed by atoms with Gasteiger partial charge < -0.3 is 26.6 Å². The third-order valence-corrected chi connectivity index (χ3v) is 2.04. The lowest BCUT2D eigenvalue weighted by Crippen LogP contribution is -2.37. The van der Waals surface area contributed by atoms with Crippen LogP contribution in [0.3, 0.4) is 0 Å². The molecule has 0 aliphatic rings. The van der Waals surface area contributed by atoms with Crippen molar-refractivity contribution in [2.24, 2.45) is 11.5 Å². The molecule has 0 saturated carbocycles. The zero-order chi connectivity index (χ0) is 10.8. The van der Waals surface area contributed by atoms with Crippen molar-refractivity contribution in [3.63, 3.8) is 0 Å². The lowest BCUT2D eigenvalue weighted by molar-refractivity contribution is 0.0587. The fourth-order valence-electron chi connectivity index (χ4n) is 1.28. The van der Waals surface area contributed by atoms with Gasteiger partial charge in [-0.25, -0.2) is 0 Å². The van der Waals surface area contributed by atoms with E-state index in [1.54, 1.807) is 0 Å². The van der Waals surface area contributed by atoms with Crippen LogP contribution in [0.1, 0.15) is 12.8 Å². The predicted octanol–water partition coefficient (Wildman–Crippen LogP) is -1.66. The lowest BCUT2D eigenvalue weighted by Gasteiger charge is -2.23. The van der Waals surface area contributed by atoms with Gasteiger partial charge in [0.15, 0.2) is 0 Å². The van der Waals surface area contributed by atoms with Crippen molar-refractivity contribution in [3.05, 3.63) is 0 Å². The molecule has 0 aromatic rings. The molecule has 14 heavy (non-hydrogen) atoms. The van der Waals surface area contributed by atoms with E-state index in [0.29, 0.717) is 19.6 Å². The maximum atomic E-state index is 9.27. The molecule has 0 bridgehead atoms. The highest BCUT2D eigenvalue weighted by Crippen LogP contribution is 1.96. The first-order valence-corrected chi connectivity index (χ1v) is 5.16. The molecule has 0 spiro atoms. The molecule has 0 saturated heterocycles. The summed E-state index contributed by atoms with van der Waals surface area (Å²) < 4.78 is 0. The van der Waals surface area contributed by atoms with Crippen LogP contribution in [-0.2, 0) is 0 Å². The van der Waals surface area contributed by atoms with Gasteiger partial charge in [-0.05, 0) is 39.0 Å². The first kappa shape index (κ1) is 13.8. The Morgan fingerprint density at radius 2 is 1.57 bits per heavy atom. The molecule has 1 unspecified atom stereocenters. The first-order chi connectivity index (χ1) is 6.74. The average Bonchev–Trinajstić information content (AvgIpc) is 2.21. The summed E-state index contributed by atoms with van der Waals surface area (Å²) >= 11 is 0. The largest absolute Gasteiger partial charge is 0.394 e. The van der Waals surface area contributed by atoms with Crippen molar-refractivity contribution in [2.45, 2.75) is 18.9 Å². The highest BCUT2D eigenvalue weighted by molar-refractivity contribution is 4.64. The van der Waals surface area contributed by atoms with Crippen LogP contribution in [0.4, 0.5) is 0 Å². The number of aliphatic hydroxyl groups is 2. The average molecular weight is 205 g/mol. The quantitative estimate of drug-likeness (QED) is 0.361. The number of nitrogens with two attached hydrogens (primary N) is 2. The van der Waals surface area contributed by atoms with Crippen LogP contribution in [-0.4, -0.2) is 60.5 Å². The molecule has 86 valence electrons. The van der Waals surface area contributed by atoms with Crippen molar-refractivity contribution in [1.82, 2.24) is 4.90 Å². The van der Waals surface area contributed by atoms with Crippen LogP contribution in [0.15, 0.2) is 0 Å². The van der Waals surface area contributed by atoms with E-state index in [2.05, 4.69) is 4.90 Å². The van der Waals surface area contributed by atoms with E-state index in [4.69, 9.17) is 16.6 Å². The summed E-state index contributed by atoms with van der Waals surface area (Å²) in [5.41, 5.74) is 10.8. The van der Waals surface area contributed by atoms with Gasteiger partial charge in [0.2, 0.25) is 0 Å². The van der Waals surface area contributed by atoms with Crippen molar-refractivity contribution < 1.29 is 10.2 Å². The molecule has 0 rings (SSSR count). The van der Waals surface area contributed by atoms with E-state index in [0.717, 1.165) is 25.9 Å². The maximum Gasteiger partial charge on any atom is 0.0897 e. The number of hydrogen-bond acceptors (Lipinski definition) is 5. The second-order valence-corrected chi connectivity index (χ2v) is 3.42. The van der Waals surface area contributed by atoms with Crippen molar-refractivity contribution in [2.75, 3.05) is 39.3 Å². The molecule has 1 atom stereocenters. The Morgan fingerprint density at radius 1 is 1.07 bits per heavy atom. The van der Waals surface area contributed by atoms with Crippen molar-refractivity contribution >= 4 is 0 Å². The zero-order valence-corrected chi connectivity index (χ0v) is 8.73.